The van der Waals surface area contributed by atoms with E-state index >= 15 is 0 Å². The molecule has 0 aliphatic rings. The summed E-state index contributed by atoms with van der Waals surface area (Å²) in [5.41, 5.74) is 4.15. The van der Waals surface area contributed by atoms with E-state index in [1.165, 1.54) is 0 Å². The number of nitrogens with zero attached hydrogens (tertiary/aromatic N) is 4. The summed E-state index contributed by atoms with van der Waals surface area (Å²) in [5, 5.41) is 11.9. The molecule has 6 nitrogen and oxygen atoms in total. The first-order chi connectivity index (χ1) is 14.4. The van der Waals surface area contributed by atoms with E-state index in [-0.39, 0.29) is 11.3 Å². The number of benzene rings is 2. The number of carbonyl (C=O) groups excluding carboxylic acids is 1. The van der Waals surface area contributed by atoms with Crippen molar-refractivity contribution in [2.75, 3.05) is 0 Å². The van der Waals surface area contributed by atoms with Crippen molar-refractivity contribution in [3.8, 4) is 0 Å². The molecule has 2 heterocycles. The molecule has 1 amide bonds. The van der Waals surface area contributed by atoms with Gasteiger partial charge in [0.25, 0.3) is 5.91 Å². The molecule has 1 unspecified atom stereocenters. The highest BCUT2D eigenvalue weighted by Gasteiger charge is 2.34. The van der Waals surface area contributed by atoms with Crippen LogP contribution in [0.1, 0.15) is 41.5 Å². The zero-order valence-electron chi connectivity index (χ0n) is 17.4. The molecule has 0 aliphatic heterocycles. The molecule has 0 aliphatic carbocycles. The minimum absolute atomic E-state index is 0.133. The van der Waals surface area contributed by atoms with Crippen LogP contribution in [0.3, 0.4) is 0 Å². The highest BCUT2D eigenvalue weighted by Crippen LogP contribution is 2.34. The standard InChI is InChI=1S/C24H25N5O/c1-17-7-6-8-19(15-17)22(30)26-23(24(2,3)16-18-11-13-25-14-12-18)29-21-10-5-4-9-20(21)27-28-29/h4-15,23H,16H2,1-3H3,(H,26,30). The van der Waals surface area contributed by atoms with Gasteiger partial charge < -0.3 is 5.32 Å². The number of rotatable bonds is 6. The zero-order valence-corrected chi connectivity index (χ0v) is 17.4. The lowest BCUT2D eigenvalue weighted by Gasteiger charge is -2.35. The number of pyridine rings is 1. The minimum atomic E-state index is -0.397. The number of para-hydroxylation sites is 1. The van der Waals surface area contributed by atoms with Crippen LogP contribution >= 0.6 is 0 Å². The molecule has 0 saturated heterocycles. The van der Waals surface area contributed by atoms with E-state index in [1.807, 2.05) is 72.3 Å². The van der Waals surface area contributed by atoms with Crippen LogP contribution in [-0.2, 0) is 6.42 Å². The molecule has 0 fully saturated rings. The molecular formula is C24H25N5O. The summed E-state index contributed by atoms with van der Waals surface area (Å²) < 4.78 is 1.82. The van der Waals surface area contributed by atoms with Gasteiger partial charge in [-0.1, -0.05) is 48.9 Å². The Morgan fingerprint density at radius 3 is 2.60 bits per heavy atom. The number of nitrogens with one attached hydrogen (secondary N) is 1. The predicted molar refractivity (Wildman–Crippen MR) is 117 cm³/mol. The quantitative estimate of drug-likeness (QED) is 0.524. The zero-order chi connectivity index (χ0) is 21.1. The topological polar surface area (TPSA) is 72.7 Å². The molecule has 2 aromatic heterocycles. The van der Waals surface area contributed by atoms with Crippen molar-refractivity contribution < 1.29 is 4.79 Å². The van der Waals surface area contributed by atoms with E-state index in [2.05, 4.69) is 34.5 Å². The summed E-state index contributed by atoms with van der Waals surface area (Å²) in [4.78, 5) is 17.3. The number of hydrogen-bond acceptors (Lipinski definition) is 4. The van der Waals surface area contributed by atoms with Gasteiger partial charge in [0.1, 0.15) is 11.7 Å². The maximum absolute atomic E-state index is 13.2. The molecule has 152 valence electrons. The van der Waals surface area contributed by atoms with E-state index in [4.69, 9.17) is 0 Å². The first kappa shape index (κ1) is 19.8. The maximum atomic E-state index is 13.2. The van der Waals surface area contributed by atoms with Crippen molar-refractivity contribution in [1.29, 1.82) is 0 Å². The van der Waals surface area contributed by atoms with Crippen molar-refractivity contribution in [3.63, 3.8) is 0 Å². The summed E-state index contributed by atoms with van der Waals surface area (Å²) in [6.45, 7) is 6.24. The second-order valence-corrected chi connectivity index (χ2v) is 8.29. The van der Waals surface area contributed by atoms with Crippen molar-refractivity contribution in [1.82, 2.24) is 25.3 Å². The highest BCUT2D eigenvalue weighted by molar-refractivity contribution is 5.94. The fourth-order valence-corrected chi connectivity index (χ4v) is 3.78. The van der Waals surface area contributed by atoms with Crippen LogP contribution in [0.5, 0.6) is 0 Å². The number of fused-ring (bicyclic) bond motifs is 1. The second kappa shape index (κ2) is 8.06. The Morgan fingerprint density at radius 2 is 1.83 bits per heavy atom. The molecule has 6 heteroatoms. The molecule has 0 bridgehead atoms. The largest absolute Gasteiger partial charge is 0.330 e. The van der Waals surface area contributed by atoms with E-state index in [1.54, 1.807) is 12.4 Å². The maximum Gasteiger partial charge on any atom is 0.252 e. The number of aromatic nitrogens is 4. The van der Waals surface area contributed by atoms with Crippen LogP contribution in [0.15, 0.2) is 73.1 Å². The number of carbonyl (C=O) groups is 1. The predicted octanol–water partition coefficient (Wildman–Crippen LogP) is 4.33. The van der Waals surface area contributed by atoms with E-state index in [0.717, 1.165) is 28.6 Å². The Kier molecular flexibility index (Phi) is 5.31. The summed E-state index contributed by atoms with van der Waals surface area (Å²) in [6, 6.07) is 19.4. The van der Waals surface area contributed by atoms with Gasteiger partial charge in [-0.3, -0.25) is 9.78 Å². The fourth-order valence-electron chi connectivity index (χ4n) is 3.78. The summed E-state index contributed by atoms with van der Waals surface area (Å²) in [7, 11) is 0. The van der Waals surface area contributed by atoms with Crippen LogP contribution in [-0.4, -0.2) is 25.9 Å². The minimum Gasteiger partial charge on any atom is -0.330 e. The third kappa shape index (κ3) is 4.08. The van der Waals surface area contributed by atoms with E-state index in [9.17, 15) is 4.79 Å². The van der Waals surface area contributed by atoms with Gasteiger partial charge in [-0.15, -0.1) is 5.10 Å². The van der Waals surface area contributed by atoms with Crippen LogP contribution in [0.25, 0.3) is 11.0 Å². The highest BCUT2D eigenvalue weighted by atomic mass is 16.1. The van der Waals surface area contributed by atoms with Crippen LogP contribution in [0, 0.1) is 12.3 Å². The van der Waals surface area contributed by atoms with Gasteiger partial charge in [-0.2, -0.15) is 0 Å². The molecule has 1 atom stereocenters. The monoisotopic (exact) mass is 399 g/mol. The molecular weight excluding hydrogens is 374 g/mol. The third-order valence-electron chi connectivity index (χ3n) is 5.32. The first-order valence-corrected chi connectivity index (χ1v) is 10.0. The lowest BCUT2D eigenvalue weighted by Crippen LogP contribution is -2.43. The third-order valence-corrected chi connectivity index (χ3v) is 5.32. The lowest BCUT2D eigenvalue weighted by atomic mass is 9.82. The Hall–Kier alpha value is -3.54. The smallest absolute Gasteiger partial charge is 0.252 e. The van der Waals surface area contributed by atoms with Gasteiger partial charge in [-0.05, 0) is 55.3 Å². The van der Waals surface area contributed by atoms with Gasteiger partial charge in [0.2, 0.25) is 0 Å². The SMILES string of the molecule is Cc1cccc(C(=O)NC(n2nnc3ccccc32)C(C)(C)Cc2ccncc2)c1. The lowest BCUT2D eigenvalue weighted by molar-refractivity contribution is 0.0822. The Bertz CT molecular complexity index is 1170. The van der Waals surface area contributed by atoms with Crippen LogP contribution < -0.4 is 5.32 Å². The molecule has 2 aromatic carbocycles. The van der Waals surface area contributed by atoms with E-state index in [0.29, 0.717) is 5.56 Å². The average molecular weight is 399 g/mol. The van der Waals surface area contributed by atoms with Crippen molar-refractivity contribution >= 4 is 16.9 Å². The number of hydrogen-bond donors (Lipinski definition) is 1. The summed E-state index contributed by atoms with van der Waals surface area (Å²) in [6.07, 6.45) is 3.92. The average Bonchev–Trinajstić information content (AvgIpc) is 3.16. The van der Waals surface area contributed by atoms with Gasteiger partial charge >= 0.3 is 0 Å². The number of amides is 1. The van der Waals surface area contributed by atoms with Gasteiger partial charge in [0.15, 0.2) is 0 Å². The molecule has 1 N–H and O–H groups in total. The molecule has 30 heavy (non-hydrogen) atoms. The Labute approximate surface area is 176 Å². The van der Waals surface area contributed by atoms with Crippen molar-refractivity contribution in [2.45, 2.75) is 33.4 Å². The molecule has 0 spiro atoms. The fraction of sp³-hybridized carbons (Fsp3) is 0.250. The first-order valence-electron chi connectivity index (χ1n) is 10.0. The van der Waals surface area contributed by atoms with E-state index < -0.39 is 6.17 Å². The van der Waals surface area contributed by atoms with Crippen LogP contribution in [0.2, 0.25) is 0 Å². The molecule has 0 radical (unpaired) electrons. The van der Waals surface area contributed by atoms with Crippen molar-refractivity contribution in [3.05, 3.63) is 89.7 Å². The Morgan fingerprint density at radius 1 is 1.07 bits per heavy atom. The van der Waals surface area contributed by atoms with Gasteiger partial charge in [0.05, 0.1) is 5.52 Å². The molecule has 4 aromatic rings. The second-order valence-electron chi connectivity index (χ2n) is 8.29. The molecule has 0 saturated carbocycles. The Balaban J connectivity index is 1.73. The van der Waals surface area contributed by atoms with Crippen LogP contribution in [0.4, 0.5) is 0 Å². The molecule has 4 rings (SSSR count). The van der Waals surface area contributed by atoms with Crippen molar-refractivity contribution in [2.24, 2.45) is 5.41 Å². The van der Waals surface area contributed by atoms with Gasteiger partial charge in [0, 0.05) is 23.4 Å². The normalized spacial score (nSPS) is 12.6. The number of aryl methyl sites for hydroxylation is 1. The summed E-state index contributed by atoms with van der Waals surface area (Å²) >= 11 is 0. The van der Waals surface area contributed by atoms with Gasteiger partial charge in [-0.25, -0.2) is 4.68 Å². The summed E-state index contributed by atoms with van der Waals surface area (Å²) in [5.74, 6) is -0.133.